The van der Waals surface area contributed by atoms with Crippen molar-refractivity contribution in [3.05, 3.63) is 48.0 Å². The molecule has 0 aromatic heterocycles. The number of aliphatic imine (C=N–C) groups is 1. The van der Waals surface area contributed by atoms with Crippen molar-refractivity contribution in [1.82, 2.24) is 0 Å². The Kier molecular flexibility index (Phi) is 4.86. The minimum absolute atomic E-state index is 0.306. The van der Waals surface area contributed by atoms with Gasteiger partial charge in [0.05, 0.1) is 0 Å². The second kappa shape index (κ2) is 6.62. The molecule has 0 radical (unpaired) electrons. The van der Waals surface area contributed by atoms with E-state index in [4.69, 9.17) is 5.73 Å². The summed E-state index contributed by atoms with van der Waals surface area (Å²) in [6.07, 6.45) is 1.02. The number of thioether (sulfide) groups is 1. The summed E-state index contributed by atoms with van der Waals surface area (Å²) < 4.78 is 0. The van der Waals surface area contributed by atoms with E-state index in [1.807, 2.05) is 0 Å². The standard InChI is InChI=1S/C16H20N2S/c1-3-12(2)18-16(17)19-11-14-9-6-8-13-7-4-5-10-15(13)14/h4-10,12H,3,11H2,1-2H3,(H2,17,18)/t12-/m0/s1. The van der Waals surface area contributed by atoms with Crippen LogP contribution < -0.4 is 5.73 Å². The summed E-state index contributed by atoms with van der Waals surface area (Å²) in [6.45, 7) is 4.21. The van der Waals surface area contributed by atoms with Crippen molar-refractivity contribution in [3.63, 3.8) is 0 Å². The zero-order valence-electron chi connectivity index (χ0n) is 11.5. The Balaban J connectivity index is 2.12. The highest BCUT2D eigenvalue weighted by atomic mass is 32.2. The molecule has 1 atom stereocenters. The van der Waals surface area contributed by atoms with Gasteiger partial charge in [-0.3, -0.25) is 4.99 Å². The number of nitrogens with two attached hydrogens (primary N) is 1. The summed E-state index contributed by atoms with van der Waals surface area (Å²) in [5, 5.41) is 3.26. The predicted molar refractivity (Wildman–Crippen MR) is 86.6 cm³/mol. The molecule has 0 saturated heterocycles. The molecule has 0 aliphatic rings. The fraction of sp³-hybridized carbons (Fsp3) is 0.312. The van der Waals surface area contributed by atoms with E-state index < -0.39 is 0 Å². The van der Waals surface area contributed by atoms with E-state index in [0.29, 0.717) is 11.2 Å². The van der Waals surface area contributed by atoms with Gasteiger partial charge >= 0.3 is 0 Å². The molecule has 0 heterocycles. The fourth-order valence-corrected chi connectivity index (χ4v) is 2.73. The third kappa shape index (κ3) is 3.74. The summed E-state index contributed by atoms with van der Waals surface area (Å²) in [5.41, 5.74) is 7.27. The number of fused-ring (bicyclic) bond motifs is 1. The van der Waals surface area contributed by atoms with Crippen molar-refractivity contribution in [2.24, 2.45) is 10.7 Å². The molecule has 100 valence electrons. The van der Waals surface area contributed by atoms with Crippen molar-refractivity contribution in [3.8, 4) is 0 Å². The van der Waals surface area contributed by atoms with E-state index in [1.165, 1.54) is 16.3 Å². The van der Waals surface area contributed by atoms with Gasteiger partial charge in [0.2, 0.25) is 0 Å². The first-order chi connectivity index (χ1) is 9.20. The lowest BCUT2D eigenvalue weighted by molar-refractivity contribution is 0.718. The van der Waals surface area contributed by atoms with Crippen LogP contribution in [0.25, 0.3) is 10.8 Å². The molecule has 19 heavy (non-hydrogen) atoms. The van der Waals surface area contributed by atoms with Crippen LogP contribution in [-0.4, -0.2) is 11.2 Å². The molecular weight excluding hydrogens is 252 g/mol. The zero-order valence-corrected chi connectivity index (χ0v) is 12.3. The third-order valence-corrected chi connectivity index (χ3v) is 4.05. The summed E-state index contributed by atoms with van der Waals surface area (Å²) in [5.74, 6) is 0.868. The Morgan fingerprint density at radius 1 is 1.21 bits per heavy atom. The van der Waals surface area contributed by atoms with E-state index in [2.05, 4.69) is 61.3 Å². The first-order valence-corrected chi connectivity index (χ1v) is 7.62. The van der Waals surface area contributed by atoms with Crippen LogP contribution in [0.1, 0.15) is 25.8 Å². The normalized spacial score (nSPS) is 13.7. The average Bonchev–Trinajstić information content (AvgIpc) is 2.44. The van der Waals surface area contributed by atoms with Crippen molar-refractivity contribution in [2.75, 3.05) is 0 Å². The van der Waals surface area contributed by atoms with Gasteiger partial charge in [0.1, 0.15) is 0 Å². The monoisotopic (exact) mass is 272 g/mol. The van der Waals surface area contributed by atoms with Crippen molar-refractivity contribution in [2.45, 2.75) is 32.1 Å². The summed E-state index contributed by atoms with van der Waals surface area (Å²) >= 11 is 1.62. The lowest BCUT2D eigenvalue weighted by Crippen LogP contribution is -2.11. The van der Waals surface area contributed by atoms with Crippen LogP contribution in [0.15, 0.2) is 47.5 Å². The molecule has 2 rings (SSSR count). The number of nitrogens with zero attached hydrogens (tertiary/aromatic N) is 1. The van der Waals surface area contributed by atoms with Crippen LogP contribution in [-0.2, 0) is 5.75 Å². The van der Waals surface area contributed by atoms with Gasteiger partial charge < -0.3 is 5.73 Å². The van der Waals surface area contributed by atoms with E-state index in [9.17, 15) is 0 Å². The second-order valence-electron chi connectivity index (χ2n) is 4.65. The fourth-order valence-electron chi connectivity index (χ4n) is 1.92. The Morgan fingerprint density at radius 2 is 1.95 bits per heavy atom. The van der Waals surface area contributed by atoms with Gasteiger partial charge in [-0.25, -0.2) is 0 Å². The molecule has 0 aliphatic heterocycles. The van der Waals surface area contributed by atoms with Gasteiger partial charge in [-0.05, 0) is 29.7 Å². The molecule has 0 amide bonds. The number of benzene rings is 2. The number of hydrogen-bond donors (Lipinski definition) is 1. The molecule has 3 heteroatoms. The van der Waals surface area contributed by atoms with Gasteiger partial charge in [-0.2, -0.15) is 0 Å². The number of amidine groups is 1. The maximum absolute atomic E-state index is 5.96. The van der Waals surface area contributed by atoms with Crippen molar-refractivity contribution < 1.29 is 0 Å². The molecule has 2 aromatic rings. The maximum atomic E-state index is 5.96. The second-order valence-corrected chi connectivity index (χ2v) is 5.65. The Bertz CT molecular complexity index is 572. The van der Waals surface area contributed by atoms with Crippen LogP contribution in [0.5, 0.6) is 0 Å². The first-order valence-electron chi connectivity index (χ1n) is 6.63. The molecule has 2 N–H and O–H groups in total. The van der Waals surface area contributed by atoms with Crippen LogP contribution >= 0.6 is 11.8 Å². The summed E-state index contributed by atoms with van der Waals surface area (Å²) in [4.78, 5) is 4.45. The van der Waals surface area contributed by atoms with Crippen LogP contribution in [0.3, 0.4) is 0 Å². The Labute approximate surface area is 119 Å². The zero-order chi connectivity index (χ0) is 13.7. The molecule has 0 spiro atoms. The highest BCUT2D eigenvalue weighted by Gasteiger charge is 2.03. The SMILES string of the molecule is CC[C@H](C)N=C(N)SCc1cccc2ccccc12. The smallest absolute Gasteiger partial charge is 0.154 e. The van der Waals surface area contributed by atoms with Gasteiger partial charge in [-0.15, -0.1) is 0 Å². The Morgan fingerprint density at radius 3 is 2.74 bits per heavy atom. The highest BCUT2D eigenvalue weighted by Crippen LogP contribution is 2.22. The molecule has 0 unspecified atom stereocenters. The van der Waals surface area contributed by atoms with Gasteiger partial charge in [0, 0.05) is 11.8 Å². The van der Waals surface area contributed by atoms with E-state index in [-0.39, 0.29) is 0 Å². The summed E-state index contributed by atoms with van der Waals surface area (Å²) in [7, 11) is 0. The molecule has 2 aromatic carbocycles. The minimum Gasteiger partial charge on any atom is -0.379 e. The molecule has 0 fully saturated rings. The lowest BCUT2D eigenvalue weighted by Gasteiger charge is -2.07. The van der Waals surface area contributed by atoms with E-state index >= 15 is 0 Å². The van der Waals surface area contributed by atoms with Crippen LogP contribution in [0.4, 0.5) is 0 Å². The van der Waals surface area contributed by atoms with E-state index in [0.717, 1.165) is 12.2 Å². The average molecular weight is 272 g/mol. The molecule has 2 nitrogen and oxygen atoms in total. The molecule has 0 bridgehead atoms. The first kappa shape index (κ1) is 13.9. The van der Waals surface area contributed by atoms with Crippen molar-refractivity contribution >= 4 is 27.7 Å². The number of hydrogen-bond acceptors (Lipinski definition) is 2. The summed E-state index contributed by atoms with van der Waals surface area (Å²) in [6, 6.07) is 15.1. The quantitative estimate of drug-likeness (QED) is 0.669. The van der Waals surface area contributed by atoms with Crippen molar-refractivity contribution in [1.29, 1.82) is 0 Å². The third-order valence-electron chi connectivity index (χ3n) is 3.19. The van der Waals surface area contributed by atoms with Gasteiger partial charge in [0.25, 0.3) is 0 Å². The Hall–Kier alpha value is -1.48. The minimum atomic E-state index is 0.306. The molecule has 0 saturated carbocycles. The molecule has 0 aliphatic carbocycles. The largest absolute Gasteiger partial charge is 0.379 e. The maximum Gasteiger partial charge on any atom is 0.154 e. The topological polar surface area (TPSA) is 38.4 Å². The predicted octanol–water partition coefficient (Wildman–Crippen LogP) is 4.19. The van der Waals surface area contributed by atoms with Gasteiger partial charge in [0.15, 0.2) is 5.17 Å². The van der Waals surface area contributed by atoms with Crippen LogP contribution in [0, 0.1) is 0 Å². The number of rotatable bonds is 4. The lowest BCUT2D eigenvalue weighted by atomic mass is 10.1. The van der Waals surface area contributed by atoms with Crippen LogP contribution in [0.2, 0.25) is 0 Å². The van der Waals surface area contributed by atoms with E-state index in [1.54, 1.807) is 11.8 Å². The van der Waals surface area contributed by atoms with Gasteiger partial charge in [-0.1, -0.05) is 61.2 Å². The molecular formula is C16H20N2S. The highest BCUT2D eigenvalue weighted by molar-refractivity contribution is 8.13.